The highest BCUT2D eigenvalue weighted by Gasteiger charge is 2.12. The molecule has 1 amide bonds. The summed E-state index contributed by atoms with van der Waals surface area (Å²) >= 11 is 0. The number of nitrogens with one attached hydrogen (secondary N) is 1. The lowest BCUT2D eigenvalue weighted by atomic mass is 9.90. The first-order valence-corrected chi connectivity index (χ1v) is 7.35. The number of aliphatic hydroxyl groups is 1. The fraction of sp³-hybridized carbons (Fsp3) is 0.588. The monoisotopic (exact) mass is 277 g/mol. The number of carbonyl (C=O) groups is 1. The summed E-state index contributed by atoms with van der Waals surface area (Å²) < 4.78 is 0. The maximum absolute atomic E-state index is 11.7. The third-order valence-electron chi connectivity index (χ3n) is 3.18. The summed E-state index contributed by atoms with van der Waals surface area (Å²) in [7, 11) is 0. The zero-order valence-electron chi connectivity index (χ0n) is 12.9. The van der Waals surface area contributed by atoms with Gasteiger partial charge in [0.15, 0.2) is 0 Å². The third kappa shape index (κ3) is 7.95. The molecule has 1 unspecified atom stereocenters. The summed E-state index contributed by atoms with van der Waals surface area (Å²) in [5.41, 5.74) is 1.36. The summed E-state index contributed by atoms with van der Waals surface area (Å²) in [5, 5.41) is 12.7. The van der Waals surface area contributed by atoms with E-state index in [0.717, 1.165) is 18.4 Å². The highest BCUT2D eigenvalue weighted by atomic mass is 16.3. The Morgan fingerprint density at radius 2 is 1.90 bits per heavy atom. The lowest BCUT2D eigenvalue weighted by Gasteiger charge is -2.17. The van der Waals surface area contributed by atoms with Crippen LogP contribution in [0.2, 0.25) is 0 Å². The van der Waals surface area contributed by atoms with Gasteiger partial charge in [0.25, 0.3) is 0 Å². The summed E-state index contributed by atoms with van der Waals surface area (Å²) in [5.74, 6) is 0.0290. The maximum atomic E-state index is 11.7. The SMILES string of the molecule is CC(C)(C)CCCC(=O)NCC(O)Cc1ccccc1. The standard InChI is InChI=1S/C17H27NO2/c1-17(2,3)11-7-10-16(20)18-13-15(19)12-14-8-5-4-6-9-14/h4-6,8-9,15,19H,7,10-13H2,1-3H3,(H,18,20). The molecule has 0 fully saturated rings. The molecule has 0 aromatic heterocycles. The molecule has 0 saturated heterocycles. The Morgan fingerprint density at radius 3 is 2.50 bits per heavy atom. The van der Waals surface area contributed by atoms with Crippen LogP contribution in [0.5, 0.6) is 0 Å². The van der Waals surface area contributed by atoms with Crippen molar-refractivity contribution >= 4 is 5.91 Å². The molecule has 1 atom stereocenters. The summed E-state index contributed by atoms with van der Waals surface area (Å²) in [6, 6.07) is 9.82. The zero-order valence-corrected chi connectivity index (χ0v) is 12.9. The third-order valence-corrected chi connectivity index (χ3v) is 3.18. The van der Waals surface area contributed by atoms with Gasteiger partial charge in [-0.1, -0.05) is 51.1 Å². The largest absolute Gasteiger partial charge is 0.391 e. The molecule has 112 valence electrons. The number of aliphatic hydroxyl groups excluding tert-OH is 1. The molecule has 0 aliphatic heterocycles. The Kier molecular flexibility index (Phi) is 6.73. The summed E-state index contributed by atoms with van der Waals surface area (Å²) in [4.78, 5) is 11.7. The van der Waals surface area contributed by atoms with Crippen molar-refractivity contribution in [1.29, 1.82) is 0 Å². The van der Waals surface area contributed by atoms with Gasteiger partial charge in [0.2, 0.25) is 5.91 Å². The molecule has 0 saturated carbocycles. The van der Waals surface area contributed by atoms with Gasteiger partial charge in [-0.15, -0.1) is 0 Å². The van der Waals surface area contributed by atoms with Gasteiger partial charge in [0.05, 0.1) is 6.10 Å². The second-order valence-corrected chi connectivity index (χ2v) is 6.56. The van der Waals surface area contributed by atoms with Crippen molar-refractivity contribution < 1.29 is 9.90 Å². The minimum atomic E-state index is -0.524. The van der Waals surface area contributed by atoms with E-state index in [9.17, 15) is 9.90 Å². The van der Waals surface area contributed by atoms with Crippen LogP contribution in [0.1, 0.15) is 45.6 Å². The van der Waals surface area contributed by atoms with Crippen LogP contribution in [-0.4, -0.2) is 23.7 Å². The zero-order chi connectivity index (χ0) is 15.0. The molecule has 0 aliphatic rings. The lowest BCUT2D eigenvalue weighted by molar-refractivity contribution is -0.121. The minimum Gasteiger partial charge on any atom is -0.391 e. The number of hydrogen-bond donors (Lipinski definition) is 2. The summed E-state index contributed by atoms with van der Waals surface area (Å²) in [6.07, 6.45) is 2.51. The van der Waals surface area contributed by atoms with Gasteiger partial charge in [-0.2, -0.15) is 0 Å². The lowest BCUT2D eigenvalue weighted by Crippen LogP contribution is -2.33. The van der Waals surface area contributed by atoms with Crippen LogP contribution in [0.3, 0.4) is 0 Å². The van der Waals surface area contributed by atoms with Crippen molar-refractivity contribution in [2.24, 2.45) is 5.41 Å². The van der Waals surface area contributed by atoms with E-state index in [0.29, 0.717) is 19.4 Å². The average Bonchev–Trinajstić information content (AvgIpc) is 2.36. The number of hydrogen-bond acceptors (Lipinski definition) is 2. The van der Waals surface area contributed by atoms with Crippen molar-refractivity contribution in [1.82, 2.24) is 5.32 Å². The first kappa shape index (κ1) is 16.7. The second kappa shape index (κ2) is 8.05. The van der Waals surface area contributed by atoms with Crippen LogP contribution in [-0.2, 0) is 11.2 Å². The van der Waals surface area contributed by atoms with E-state index in [1.165, 1.54) is 0 Å². The van der Waals surface area contributed by atoms with Gasteiger partial charge >= 0.3 is 0 Å². The molecule has 0 bridgehead atoms. The van der Waals surface area contributed by atoms with Crippen molar-refractivity contribution in [2.75, 3.05) is 6.54 Å². The first-order chi connectivity index (χ1) is 9.37. The van der Waals surface area contributed by atoms with E-state index in [1.807, 2.05) is 30.3 Å². The molecule has 3 heteroatoms. The Labute approximate surface area is 122 Å². The van der Waals surface area contributed by atoms with Crippen LogP contribution in [0, 0.1) is 5.41 Å². The molecule has 0 spiro atoms. The Hall–Kier alpha value is -1.35. The van der Waals surface area contributed by atoms with E-state index in [2.05, 4.69) is 26.1 Å². The fourth-order valence-electron chi connectivity index (χ4n) is 2.06. The molecule has 2 N–H and O–H groups in total. The first-order valence-electron chi connectivity index (χ1n) is 7.35. The van der Waals surface area contributed by atoms with Crippen LogP contribution >= 0.6 is 0 Å². The van der Waals surface area contributed by atoms with Gasteiger partial charge in [-0.05, 0) is 23.8 Å². The van der Waals surface area contributed by atoms with Gasteiger partial charge in [0, 0.05) is 19.4 Å². The van der Waals surface area contributed by atoms with E-state index < -0.39 is 6.10 Å². The Balaban J connectivity index is 2.17. The quantitative estimate of drug-likeness (QED) is 0.805. The Bertz CT molecular complexity index is 395. The van der Waals surface area contributed by atoms with Gasteiger partial charge in [0.1, 0.15) is 0 Å². The number of amides is 1. The second-order valence-electron chi connectivity index (χ2n) is 6.56. The molecular weight excluding hydrogens is 250 g/mol. The molecular formula is C17H27NO2. The Morgan fingerprint density at radius 1 is 1.25 bits per heavy atom. The topological polar surface area (TPSA) is 49.3 Å². The van der Waals surface area contributed by atoms with Crippen molar-refractivity contribution in [3.05, 3.63) is 35.9 Å². The highest BCUT2D eigenvalue weighted by molar-refractivity contribution is 5.75. The van der Waals surface area contributed by atoms with E-state index >= 15 is 0 Å². The van der Waals surface area contributed by atoms with Gasteiger partial charge in [-0.3, -0.25) is 4.79 Å². The molecule has 20 heavy (non-hydrogen) atoms. The van der Waals surface area contributed by atoms with E-state index in [1.54, 1.807) is 0 Å². The van der Waals surface area contributed by atoms with Crippen LogP contribution < -0.4 is 5.32 Å². The number of benzene rings is 1. The minimum absolute atomic E-state index is 0.0290. The smallest absolute Gasteiger partial charge is 0.220 e. The van der Waals surface area contributed by atoms with Crippen LogP contribution in [0.4, 0.5) is 0 Å². The molecule has 0 aliphatic carbocycles. The van der Waals surface area contributed by atoms with Gasteiger partial charge < -0.3 is 10.4 Å². The molecule has 3 nitrogen and oxygen atoms in total. The van der Waals surface area contributed by atoms with Gasteiger partial charge in [-0.25, -0.2) is 0 Å². The van der Waals surface area contributed by atoms with Crippen molar-refractivity contribution in [3.63, 3.8) is 0 Å². The molecule has 1 aromatic carbocycles. The molecule has 1 rings (SSSR count). The van der Waals surface area contributed by atoms with E-state index in [-0.39, 0.29) is 11.3 Å². The molecule has 1 aromatic rings. The number of rotatable bonds is 7. The summed E-state index contributed by atoms with van der Waals surface area (Å²) in [6.45, 7) is 6.85. The van der Waals surface area contributed by atoms with Crippen LogP contribution in [0.25, 0.3) is 0 Å². The predicted molar refractivity (Wildman–Crippen MR) is 82.5 cm³/mol. The normalized spacial score (nSPS) is 13.0. The molecule has 0 radical (unpaired) electrons. The van der Waals surface area contributed by atoms with Crippen molar-refractivity contribution in [2.45, 2.75) is 52.6 Å². The number of carbonyl (C=O) groups excluding carboxylic acids is 1. The van der Waals surface area contributed by atoms with E-state index in [4.69, 9.17) is 0 Å². The highest BCUT2D eigenvalue weighted by Crippen LogP contribution is 2.21. The van der Waals surface area contributed by atoms with Crippen molar-refractivity contribution in [3.8, 4) is 0 Å². The van der Waals surface area contributed by atoms with Crippen LogP contribution in [0.15, 0.2) is 30.3 Å². The molecule has 0 heterocycles. The predicted octanol–water partition coefficient (Wildman–Crippen LogP) is 2.92. The maximum Gasteiger partial charge on any atom is 0.220 e. The average molecular weight is 277 g/mol. The fourth-order valence-corrected chi connectivity index (χ4v) is 2.06.